The van der Waals surface area contributed by atoms with Crippen LogP contribution in [0.2, 0.25) is 0 Å². The highest BCUT2D eigenvalue weighted by Crippen LogP contribution is 2.39. The SMILES string of the molecule is O=C(Nc1ccc([C@H]2O[C@@H](CSc3ncccc3C(=O)O)C[C@@H](c3ccc(CO)cc3)O2)cc1)c1cccnc1. The molecule has 3 N–H and O–H groups in total. The Morgan fingerprint density at radius 1 is 0.950 bits per heavy atom. The lowest BCUT2D eigenvalue weighted by molar-refractivity contribution is -0.245. The van der Waals surface area contributed by atoms with Crippen LogP contribution in [0.25, 0.3) is 0 Å². The zero-order valence-electron chi connectivity index (χ0n) is 21.3. The normalized spacial score (nSPS) is 18.7. The average Bonchev–Trinajstić information content (AvgIpc) is 3.01. The van der Waals surface area contributed by atoms with Crippen LogP contribution in [0.4, 0.5) is 5.69 Å². The van der Waals surface area contributed by atoms with Gasteiger partial charge in [-0.25, -0.2) is 9.78 Å². The van der Waals surface area contributed by atoms with E-state index in [1.807, 2.05) is 36.4 Å². The maximum absolute atomic E-state index is 12.5. The summed E-state index contributed by atoms with van der Waals surface area (Å²) in [6.45, 7) is -0.0452. The molecule has 1 aliphatic heterocycles. The molecule has 1 fully saturated rings. The van der Waals surface area contributed by atoms with Gasteiger partial charge in [-0.2, -0.15) is 0 Å². The van der Waals surface area contributed by atoms with E-state index in [1.54, 1.807) is 42.7 Å². The van der Waals surface area contributed by atoms with Crippen molar-refractivity contribution in [2.45, 2.75) is 36.6 Å². The summed E-state index contributed by atoms with van der Waals surface area (Å²) in [6.07, 6.45) is 4.00. The lowest BCUT2D eigenvalue weighted by atomic mass is 10.0. The van der Waals surface area contributed by atoms with Crippen LogP contribution in [0.3, 0.4) is 0 Å². The van der Waals surface area contributed by atoms with E-state index in [9.17, 15) is 19.8 Å². The number of aromatic nitrogens is 2. The van der Waals surface area contributed by atoms with E-state index in [-0.39, 0.29) is 30.3 Å². The number of aliphatic hydroxyl groups excluding tert-OH is 1. The standard InChI is InChI=1S/C30H27N3O6S/c34-17-19-5-7-20(8-6-19)26-15-24(18-40-28-25(29(36)37)4-2-14-32-28)38-30(39-26)21-9-11-23(12-10-21)33-27(35)22-3-1-13-31-16-22/h1-14,16,24,26,30,34H,15,17-18H2,(H,33,35)(H,36,37)/t24-,26+,30+/m1/s1. The first-order valence-electron chi connectivity index (χ1n) is 12.6. The fraction of sp³-hybridized carbons (Fsp3) is 0.200. The van der Waals surface area contributed by atoms with Gasteiger partial charge in [0.2, 0.25) is 0 Å². The van der Waals surface area contributed by atoms with Crippen molar-refractivity contribution in [2.75, 3.05) is 11.1 Å². The lowest BCUT2D eigenvalue weighted by Gasteiger charge is -2.36. The minimum absolute atomic E-state index is 0.0452. The third kappa shape index (κ3) is 6.72. The highest BCUT2D eigenvalue weighted by Gasteiger charge is 2.32. The molecule has 3 heterocycles. The van der Waals surface area contributed by atoms with Gasteiger partial charge in [-0.15, -0.1) is 11.8 Å². The molecule has 0 radical (unpaired) electrons. The Morgan fingerprint density at radius 3 is 2.40 bits per heavy atom. The summed E-state index contributed by atoms with van der Waals surface area (Å²) >= 11 is 1.33. The van der Waals surface area contributed by atoms with Gasteiger partial charge in [0.1, 0.15) is 5.03 Å². The van der Waals surface area contributed by atoms with Gasteiger partial charge < -0.3 is 25.0 Å². The zero-order chi connectivity index (χ0) is 27.9. The van der Waals surface area contributed by atoms with Crippen LogP contribution in [-0.4, -0.2) is 43.9 Å². The lowest BCUT2D eigenvalue weighted by Crippen LogP contribution is -2.31. The third-order valence-electron chi connectivity index (χ3n) is 6.39. The Morgan fingerprint density at radius 2 is 1.70 bits per heavy atom. The number of anilines is 1. The quantitative estimate of drug-likeness (QED) is 0.236. The predicted octanol–water partition coefficient (Wildman–Crippen LogP) is 5.26. The molecule has 2 aromatic heterocycles. The van der Waals surface area contributed by atoms with E-state index >= 15 is 0 Å². The van der Waals surface area contributed by atoms with Crippen molar-refractivity contribution in [3.05, 3.63) is 119 Å². The van der Waals surface area contributed by atoms with Crippen LogP contribution in [0.1, 0.15) is 56.2 Å². The summed E-state index contributed by atoms with van der Waals surface area (Å²) in [5, 5.41) is 22.2. The largest absolute Gasteiger partial charge is 0.478 e. The number of rotatable bonds is 9. The molecule has 204 valence electrons. The first kappa shape index (κ1) is 27.5. The molecule has 0 saturated carbocycles. The second kappa shape index (κ2) is 12.8. The summed E-state index contributed by atoms with van der Waals surface area (Å²) in [4.78, 5) is 32.3. The molecule has 2 aromatic carbocycles. The molecule has 1 aliphatic rings. The van der Waals surface area contributed by atoms with Crippen LogP contribution in [-0.2, 0) is 16.1 Å². The number of carboxylic acids is 1. The van der Waals surface area contributed by atoms with Gasteiger partial charge in [0.05, 0.1) is 29.9 Å². The number of benzene rings is 2. The number of carbonyl (C=O) groups excluding carboxylic acids is 1. The van der Waals surface area contributed by atoms with Crippen LogP contribution < -0.4 is 5.32 Å². The van der Waals surface area contributed by atoms with Gasteiger partial charge in [0, 0.05) is 42.0 Å². The topological polar surface area (TPSA) is 131 Å². The molecule has 3 atom stereocenters. The Hall–Kier alpha value is -4.09. The van der Waals surface area contributed by atoms with Crippen LogP contribution >= 0.6 is 11.8 Å². The van der Waals surface area contributed by atoms with Crippen molar-refractivity contribution in [3.8, 4) is 0 Å². The van der Waals surface area contributed by atoms with E-state index in [4.69, 9.17) is 9.47 Å². The molecule has 9 nitrogen and oxygen atoms in total. The van der Waals surface area contributed by atoms with Gasteiger partial charge in [-0.3, -0.25) is 9.78 Å². The second-order valence-electron chi connectivity index (χ2n) is 9.14. The molecule has 0 unspecified atom stereocenters. The van der Waals surface area contributed by atoms with Gasteiger partial charge in [0.25, 0.3) is 5.91 Å². The molecule has 40 heavy (non-hydrogen) atoms. The first-order chi connectivity index (χ1) is 19.5. The molecule has 0 bridgehead atoms. The van der Waals surface area contributed by atoms with E-state index in [0.29, 0.717) is 28.5 Å². The summed E-state index contributed by atoms with van der Waals surface area (Å²) in [7, 11) is 0. The van der Waals surface area contributed by atoms with Crippen molar-refractivity contribution in [2.24, 2.45) is 0 Å². The molecular weight excluding hydrogens is 530 g/mol. The van der Waals surface area contributed by atoms with E-state index in [0.717, 1.165) is 16.7 Å². The number of aromatic carboxylic acids is 1. The van der Waals surface area contributed by atoms with Crippen LogP contribution in [0, 0.1) is 0 Å². The summed E-state index contributed by atoms with van der Waals surface area (Å²) in [6, 6.07) is 21.4. The predicted molar refractivity (Wildman–Crippen MR) is 149 cm³/mol. The number of nitrogens with one attached hydrogen (secondary N) is 1. The van der Waals surface area contributed by atoms with Crippen molar-refractivity contribution >= 4 is 29.3 Å². The summed E-state index contributed by atoms with van der Waals surface area (Å²) in [5.41, 5.74) is 3.75. The number of hydrogen-bond donors (Lipinski definition) is 3. The van der Waals surface area contributed by atoms with Gasteiger partial charge in [-0.1, -0.05) is 36.4 Å². The van der Waals surface area contributed by atoms with Gasteiger partial charge in [0.15, 0.2) is 6.29 Å². The molecule has 4 aromatic rings. The molecular formula is C30H27N3O6S. The maximum Gasteiger partial charge on any atom is 0.338 e. The highest BCUT2D eigenvalue weighted by molar-refractivity contribution is 7.99. The number of carbonyl (C=O) groups is 2. The van der Waals surface area contributed by atoms with E-state index in [1.165, 1.54) is 24.0 Å². The summed E-state index contributed by atoms with van der Waals surface area (Å²) in [5.74, 6) is -0.814. The van der Waals surface area contributed by atoms with Crippen molar-refractivity contribution in [1.82, 2.24) is 9.97 Å². The number of aliphatic hydroxyl groups is 1. The van der Waals surface area contributed by atoms with Crippen molar-refractivity contribution in [3.63, 3.8) is 0 Å². The average molecular weight is 558 g/mol. The highest BCUT2D eigenvalue weighted by atomic mass is 32.2. The van der Waals surface area contributed by atoms with E-state index in [2.05, 4.69) is 15.3 Å². The van der Waals surface area contributed by atoms with Crippen LogP contribution in [0.15, 0.2) is 96.4 Å². The first-order valence-corrected chi connectivity index (χ1v) is 13.6. The number of nitrogens with zero attached hydrogens (tertiary/aromatic N) is 2. The Kier molecular flexibility index (Phi) is 8.82. The fourth-order valence-corrected chi connectivity index (χ4v) is 5.29. The van der Waals surface area contributed by atoms with Crippen molar-refractivity contribution in [1.29, 1.82) is 0 Å². The Balaban J connectivity index is 1.33. The molecule has 10 heteroatoms. The van der Waals surface area contributed by atoms with Gasteiger partial charge in [-0.05, 0) is 47.5 Å². The molecule has 1 amide bonds. The fourth-order valence-electron chi connectivity index (χ4n) is 4.29. The number of carboxylic acid groups (broad SMARTS) is 1. The number of ether oxygens (including phenoxy) is 2. The number of pyridine rings is 2. The smallest absolute Gasteiger partial charge is 0.338 e. The van der Waals surface area contributed by atoms with Crippen LogP contribution in [0.5, 0.6) is 0 Å². The molecule has 1 saturated heterocycles. The van der Waals surface area contributed by atoms with Gasteiger partial charge >= 0.3 is 5.97 Å². The second-order valence-corrected chi connectivity index (χ2v) is 10.1. The Bertz CT molecular complexity index is 1450. The Labute approximate surface area is 235 Å². The number of thioether (sulfide) groups is 1. The molecule has 0 spiro atoms. The monoisotopic (exact) mass is 557 g/mol. The maximum atomic E-state index is 12.5. The number of amides is 1. The van der Waals surface area contributed by atoms with E-state index < -0.39 is 12.3 Å². The summed E-state index contributed by atoms with van der Waals surface area (Å²) < 4.78 is 12.7. The molecule has 5 rings (SSSR count). The number of hydrogen-bond acceptors (Lipinski definition) is 8. The minimum Gasteiger partial charge on any atom is -0.478 e. The molecule has 0 aliphatic carbocycles. The van der Waals surface area contributed by atoms with Crippen molar-refractivity contribution < 1.29 is 29.3 Å². The zero-order valence-corrected chi connectivity index (χ0v) is 22.2. The third-order valence-corrected chi connectivity index (χ3v) is 7.52. The minimum atomic E-state index is -1.03.